The van der Waals surface area contributed by atoms with Crippen molar-refractivity contribution < 1.29 is 19.4 Å². The normalized spacial score (nSPS) is 26.0. The van der Waals surface area contributed by atoms with Crippen molar-refractivity contribution in [3.63, 3.8) is 0 Å². The quantitative estimate of drug-likeness (QED) is 0.788. The molecule has 1 amide bonds. The molecule has 5 heteroatoms. The van der Waals surface area contributed by atoms with Crippen LogP contribution in [0.5, 0.6) is 0 Å². The third-order valence-electron chi connectivity index (χ3n) is 3.88. The van der Waals surface area contributed by atoms with Gasteiger partial charge in [-0.2, -0.15) is 0 Å². The SMILES string of the molecule is O=C(N[C@H]1C[C@H](CO)[C@@H](O)C1)c1cc2ccccc2o1. The van der Waals surface area contributed by atoms with Gasteiger partial charge in [0.2, 0.25) is 0 Å². The number of furan rings is 1. The first-order valence-electron chi connectivity index (χ1n) is 6.75. The molecule has 2 aromatic rings. The van der Waals surface area contributed by atoms with Gasteiger partial charge < -0.3 is 19.9 Å². The third-order valence-corrected chi connectivity index (χ3v) is 3.88. The number of benzene rings is 1. The molecule has 106 valence electrons. The molecule has 0 unspecified atom stereocenters. The fourth-order valence-corrected chi connectivity index (χ4v) is 2.77. The first-order chi connectivity index (χ1) is 9.67. The van der Waals surface area contributed by atoms with Gasteiger partial charge in [-0.3, -0.25) is 4.79 Å². The first kappa shape index (κ1) is 13.1. The van der Waals surface area contributed by atoms with Gasteiger partial charge in [0, 0.05) is 24.0 Å². The van der Waals surface area contributed by atoms with Crippen LogP contribution in [0.15, 0.2) is 34.7 Å². The molecule has 1 fully saturated rings. The van der Waals surface area contributed by atoms with Crippen LogP contribution < -0.4 is 5.32 Å². The van der Waals surface area contributed by atoms with E-state index in [0.717, 1.165) is 5.39 Å². The number of fused-ring (bicyclic) bond motifs is 1. The minimum absolute atomic E-state index is 0.0574. The molecule has 1 aliphatic carbocycles. The van der Waals surface area contributed by atoms with Gasteiger partial charge in [0.25, 0.3) is 5.91 Å². The highest BCUT2D eigenvalue weighted by Crippen LogP contribution is 2.26. The van der Waals surface area contributed by atoms with E-state index >= 15 is 0 Å². The predicted molar refractivity (Wildman–Crippen MR) is 73.3 cm³/mol. The summed E-state index contributed by atoms with van der Waals surface area (Å²) in [6.45, 7) is -0.0574. The van der Waals surface area contributed by atoms with Gasteiger partial charge in [-0.25, -0.2) is 0 Å². The van der Waals surface area contributed by atoms with Crippen LogP contribution >= 0.6 is 0 Å². The molecule has 1 heterocycles. The smallest absolute Gasteiger partial charge is 0.287 e. The van der Waals surface area contributed by atoms with Gasteiger partial charge >= 0.3 is 0 Å². The van der Waals surface area contributed by atoms with E-state index in [0.29, 0.717) is 18.4 Å². The van der Waals surface area contributed by atoms with Crippen molar-refractivity contribution in [2.24, 2.45) is 5.92 Å². The monoisotopic (exact) mass is 275 g/mol. The van der Waals surface area contributed by atoms with Crippen molar-refractivity contribution in [3.8, 4) is 0 Å². The van der Waals surface area contributed by atoms with E-state index in [1.54, 1.807) is 6.07 Å². The van der Waals surface area contributed by atoms with Crippen molar-refractivity contribution in [1.82, 2.24) is 5.32 Å². The lowest BCUT2D eigenvalue weighted by Crippen LogP contribution is -2.33. The van der Waals surface area contributed by atoms with Gasteiger partial charge in [-0.1, -0.05) is 18.2 Å². The highest BCUT2D eigenvalue weighted by atomic mass is 16.3. The minimum Gasteiger partial charge on any atom is -0.451 e. The zero-order chi connectivity index (χ0) is 14.1. The van der Waals surface area contributed by atoms with Gasteiger partial charge in [-0.15, -0.1) is 0 Å². The number of aliphatic hydroxyl groups is 2. The molecule has 1 aromatic carbocycles. The number of carbonyl (C=O) groups excluding carboxylic acids is 1. The Balaban J connectivity index is 1.70. The van der Waals surface area contributed by atoms with E-state index < -0.39 is 6.10 Å². The summed E-state index contributed by atoms with van der Waals surface area (Å²) < 4.78 is 5.50. The molecule has 0 bridgehead atoms. The zero-order valence-corrected chi connectivity index (χ0v) is 11.0. The average Bonchev–Trinajstić information content (AvgIpc) is 3.01. The minimum atomic E-state index is -0.555. The molecule has 0 saturated heterocycles. The second-order valence-electron chi connectivity index (χ2n) is 5.30. The molecule has 0 radical (unpaired) electrons. The lowest BCUT2D eigenvalue weighted by atomic mass is 10.1. The maximum atomic E-state index is 12.1. The number of nitrogens with one attached hydrogen (secondary N) is 1. The summed E-state index contributed by atoms with van der Waals surface area (Å²) in [7, 11) is 0. The average molecular weight is 275 g/mol. The van der Waals surface area contributed by atoms with E-state index in [9.17, 15) is 9.90 Å². The molecule has 3 N–H and O–H groups in total. The summed E-state index contributed by atoms with van der Waals surface area (Å²) in [5.74, 6) is -0.166. The number of rotatable bonds is 3. The maximum Gasteiger partial charge on any atom is 0.287 e. The lowest BCUT2D eigenvalue weighted by Gasteiger charge is -2.10. The standard InChI is InChI=1S/C15H17NO4/c17-8-10-5-11(7-12(10)18)16-15(19)14-6-9-3-1-2-4-13(9)20-14/h1-4,6,10-12,17-18H,5,7-8H2,(H,16,19)/t10-,11+,12+/m1/s1. The Hall–Kier alpha value is -1.85. The van der Waals surface area contributed by atoms with Gasteiger partial charge in [0.1, 0.15) is 5.58 Å². The number of hydrogen-bond donors (Lipinski definition) is 3. The number of para-hydroxylation sites is 1. The molecule has 3 atom stereocenters. The number of carbonyl (C=O) groups is 1. The third kappa shape index (κ3) is 2.42. The molecule has 3 rings (SSSR count). The molecule has 5 nitrogen and oxygen atoms in total. The van der Waals surface area contributed by atoms with Crippen LogP contribution in [-0.2, 0) is 0 Å². The van der Waals surface area contributed by atoms with Gasteiger partial charge in [0.15, 0.2) is 5.76 Å². The molecular weight excluding hydrogens is 258 g/mol. The Morgan fingerprint density at radius 2 is 2.15 bits per heavy atom. The van der Waals surface area contributed by atoms with Gasteiger partial charge in [-0.05, 0) is 25.0 Å². The van der Waals surface area contributed by atoms with Crippen LogP contribution in [0.25, 0.3) is 11.0 Å². The van der Waals surface area contributed by atoms with E-state index in [1.165, 1.54) is 0 Å². The Bertz CT molecular complexity index is 588. The highest BCUT2D eigenvalue weighted by Gasteiger charge is 2.33. The molecule has 1 aromatic heterocycles. The molecule has 1 saturated carbocycles. The maximum absolute atomic E-state index is 12.1. The van der Waals surface area contributed by atoms with Gasteiger partial charge in [0.05, 0.1) is 6.10 Å². The highest BCUT2D eigenvalue weighted by molar-refractivity contribution is 5.96. The molecular formula is C15H17NO4. The Kier molecular flexibility index (Phi) is 3.46. The van der Waals surface area contributed by atoms with Crippen LogP contribution in [0.4, 0.5) is 0 Å². The Morgan fingerprint density at radius 1 is 1.35 bits per heavy atom. The first-order valence-corrected chi connectivity index (χ1v) is 6.75. The molecule has 1 aliphatic rings. The largest absolute Gasteiger partial charge is 0.451 e. The fraction of sp³-hybridized carbons (Fsp3) is 0.400. The number of amides is 1. The number of aliphatic hydroxyl groups excluding tert-OH is 2. The van der Waals surface area contributed by atoms with Crippen molar-refractivity contribution >= 4 is 16.9 Å². The van der Waals surface area contributed by atoms with E-state index in [-0.39, 0.29) is 30.2 Å². The number of hydrogen-bond acceptors (Lipinski definition) is 4. The molecule has 0 aliphatic heterocycles. The van der Waals surface area contributed by atoms with E-state index in [1.807, 2.05) is 24.3 Å². The summed E-state index contributed by atoms with van der Waals surface area (Å²) in [5.41, 5.74) is 0.678. The second-order valence-corrected chi connectivity index (χ2v) is 5.30. The van der Waals surface area contributed by atoms with Crippen LogP contribution in [-0.4, -0.2) is 34.9 Å². The summed E-state index contributed by atoms with van der Waals surface area (Å²) in [5, 5.41) is 22.6. The van der Waals surface area contributed by atoms with Crippen LogP contribution in [0, 0.1) is 5.92 Å². The lowest BCUT2D eigenvalue weighted by molar-refractivity contribution is 0.0896. The van der Waals surface area contributed by atoms with Crippen LogP contribution in [0.2, 0.25) is 0 Å². The van der Waals surface area contributed by atoms with Crippen molar-refractivity contribution in [2.45, 2.75) is 25.0 Å². The molecule has 0 spiro atoms. The van der Waals surface area contributed by atoms with Crippen LogP contribution in [0.3, 0.4) is 0 Å². The van der Waals surface area contributed by atoms with E-state index in [4.69, 9.17) is 9.52 Å². The topological polar surface area (TPSA) is 82.7 Å². The van der Waals surface area contributed by atoms with Crippen molar-refractivity contribution in [3.05, 3.63) is 36.1 Å². The predicted octanol–water partition coefficient (Wildman–Crippen LogP) is 1.29. The summed E-state index contributed by atoms with van der Waals surface area (Å²) in [6, 6.07) is 9.03. The summed E-state index contributed by atoms with van der Waals surface area (Å²) >= 11 is 0. The van der Waals surface area contributed by atoms with Crippen LogP contribution in [0.1, 0.15) is 23.4 Å². The van der Waals surface area contributed by atoms with Crippen molar-refractivity contribution in [2.75, 3.05) is 6.61 Å². The zero-order valence-electron chi connectivity index (χ0n) is 11.0. The Labute approximate surface area is 116 Å². The second kappa shape index (κ2) is 5.26. The van der Waals surface area contributed by atoms with Crippen molar-refractivity contribution in [1.29, 1.82) is 0 Å². The molecule has 20 heavy (non-hydrogen) atoms. The summed E-state index contributed by atoms with van der Waals surface area (Å²) in [4.78, 5) is 12.1. The fourth-order valence-electron chi connectivity index (χ4n) is 2.77. The Morgan fingerprint density at radius 3 is 2.85 bits per heavy atom. The van der Waals surface area contributed by atoms with E-state index in [2.05, 4.69) is 5.32 Å². The summed E-state index contributed by atoms with van der Waals surface area (Å²) in [6.07, 6.45) is 0.502.